The normalized spacial score (nSPS) is 11.7. The first-order chi connectivity index (χ1) is 5.18. The van der Waals surface area contributed by atoms with Gasteiger partial charge in [-0.15, -0.1) is 0 Å². The SMILES string of the molecule is CC(O)CO.OCCCCO. The first-order valence-corrected chi connectivity index (χ1v) is 3.69. The van der Waals surface area contributed by atoms with Crippen molar-refractivity contribution in [3.63, 3.8) is 0 Å². The molecule has 0 bridgehead atoms. The molecule has 0 aliphatic carbocycles. The molecule has 0 aromatic rings. The van der Waals surface area contributed by atoms with Gasteiger partial charge in [-0.2, -0.15) is 0 Å². The minimum atomic E-state index is -0.560. The highest BCUT2D eigenvalue weighted by Crippen LogP contribution is 1.80. The Hall–Kier alpha value is -0.160. The van der Waals surface area contributed by atoms with Crippen molar-refractivity contribution in [1.82, 2.24) is 0 Å². The lowest BCUT2D eigenvalue weighted by molar-refractivity contribution is 0.110. The molecule has 70 valence electrons. The third-order valence-electron chi connectivity index (χ3n) is 0.830. The predicted molar refractivity (Wildman–Crippen MR) is 42.2 cm³/mol. The highest BCUT2D eigenvalue weighted by molar-refractivity contribution is 4.34. The van der Waals surface area contributed by atoms with Gasteiger partial charge in [-0.25, -0.2) is 0 Å². The van der Waals surface area contributed by atoms with E-state index in [1.54, 1.807) is 0 Å². The number of hydrogen-bond donors (Lipinski definition) is 4. The zero-order valence-corrected chi connectivity index (χ0v) is 6.90. The molecule has 0 radical (unpaired) electrons. The average molecular weight is 166 g/mol. The third-order valence-corrected chi connectivity index (χ3v) is 0.830. The molecule has 1 unspecified atom stereocenters. The maximum atomic E-state index is 8.11. The molecule has 0 aliphatic heterocycles. The molecule has 0 rings (SSSR count). The van der Waals surface area contributed by atoms with Crippen LogP contribution < -0.4 is 0 Å². The Morgan fingerprint density at radius 1 is 1.00 bits per heavy atom. The molecule has 0 amide bonds. The van der Waals surface area contributed by atoms with Crippen molar-refractivity contribution in [2.75, 3.05) is 19.8 Å². The molecule has 4 N–H and O–H groups in total. The van der Waals surface area contributed by atoms with E-state index in [4.69, 9.17) is 20.4 Å². The first-order valence-electron chi connectivity index (χ1n) is 3.69. The van der Waals surface area contributed by atoms with Gasteiger partial charge in [0.05, 0.1) is 12.7 Å². The van der Waals surface area contributed by atoms with Gasteiger partial charge in [0.1, 0.15) is 0 Å². The number of aliphatic hydroxyl groups is 4. The molecule has 4 heteroatoms. The molecule has 0 aromatic carbocycles. The number of rotatable bonds is 4. The van der Waals surface area contributed by atoms with Crippen LogP contribution in [0.3, 0.4) is 0 Å². The molecule has 0 saturated heterocycles. The molecular weight excluding hydrogens is 148 g/mol. The van der Waals surface area contributed by atoms with E-state index < -0.39 is 6.10 Å². The van der Waals surface area contributed by atoms with Crippen molar-refractivity contribution >= 4 is 0 Å². The predicted octanol–water partition coefficient (Wildman–Crippen LogP) is -0.889. The van der Waals surface area contributed by atoms with E-state index in [0.29, 0.717) is 0 Å². The fourth-order valence-corrected chi connectivity index (χ4v) is 0.224. The maximum Gasteiger partial charge on any atom is 0.0742 e. The molecule has 0 heterocycles. The maximum absolute atomic E-state index is 8.11. The lowest BCUT2D eigenvalue weighted by Gasteiger charge is -1.90. The van der Waals surface area contributed by atoms with Gasteiger partial charge in [0.25, 0.3) is 0 Å². The number of hydrogen-bond acceptors (Lipinski definition) is 4. The topological polar surface area (TPSA) is 80.9 Å². The van der Waals surface area contributed by atoms with E-state index in [0.717, 1.165) is 12.8 Å². The summed E-state index contributed by atoms with van der Waals surface area (Å²) in [6, 6.07) is 0. The molecule has 4 nitrogen and oxygen atoms in total. The van der Waals surface area contributed by atoms with E-state index in [2.05, 4.69) is 0 Å². The standard InChI is InChI=1S/C4H10O2.C3H8O2/c5-3-1-2-4-6;1-3(5)2-4/h5-6H,1-4H2;3-5H,2H2,1H3. The smallest absolute Gasteiger partial charge is 0.0742 e. The summed E-state index contributed by atoms with van der Waals surface area (Å²) in [5, 5.41) is 32.2. The van der Waals surface area contributed by atoms with Crippen molar-refractivity contribution in [2.24, 2.45) is 0 Å². The van der Waals surface area contributed by atoms with Crippen LogP contribution in [0, 0.1) is 0 Å². The van der Waals surface area contributed by atoms with Crippen molar-refractivity contribution < 1.29 is 20.4 Å². The third kappa shape index (κ3) is 25.8. The van der Waals surface area contributed by atoms with Crippen molar-refractivity contribution in [2.45, 2.75) is 25.9 Å². The minimum absolute atomic E-state index is 0.139. The molecule has 0 aromatic heterocycles. The highest BCUT2D eigenvalue weighted by Gasteiger charge is 1.83. The first kappa shape index (κ1) is 13.4. The van der Waals surface area contributed by atoms with Crippen LogP contribution in [0.4, 0.5) is 0 Å². The quantitative estimate of drug-likeness (QED) is 0.408. The molecule has 0 spiro atoms. The molecule has 0 aliphatic rings. The van der Waals surface area contributed by atoms with Gasteiger partial charge in [0.2, 0.25) is 0 Å². The van der Waals surface area contributed by atoms with Crippen LogP contribution in [-0.4, -0.2) is 46.4 Å². The lowest BCUT2D eigenvalue weighted by atomic mass is 10.3. The summed E-state index contributed by atoms with van der Waals surface area (Å²) in [7, 11) is 0. The summed E-state index contributed by atoms with van der Waals surface area (Å²) in [5.74, 6) is 0. The van der Waals surface area contributed by atoms with E-state index in [9.17, 15) is 0 Å². The van der Waals surface area contributed by atoms with Gasteiger partial charge in [-0.1, -0.05) is 0 Å². The summed E-state index contributed by atoms with van der Waals surface area (Å²) in [6.07, 6.45) is 0.877. The van der Waals surface area contributed by atoms with Crippen LogP contribution in [0.15, 0.2) is 0 Å². The van der Waals surface area contributed by atoms with E-state index in [-0.39, 0.29) is 19.8 Å². The Labute approximate surface area is 67.1 Å². The Balaban J connectivity index is 0. The minimum Gasteiger partial charge on any atom is -0.396 e. The Morgan fingerprint density at radius 3 is 1.36 bits per heavy atom. The van der Waals surface area contributed by atoms with Crippen molar-refractivity contribution in [1.29, 1.82) is 0 Å². The second-order valence-corrected chi connectivity index (χ2v) is 2.19. The van der Waals surface area contributed by atoms with Gasteiger partial charge in [-0.05, 0) is 19.8 Å². The van der Waals surface area contributed by atoms with E-state index in [1.165, 1.54) is 6.92 Å². The van der Waals surface area contributed by atoms with E-state index >= 15 is 0 Å². The zero-order valence-electron chi connectivity index (χ0n) is 6.90. The summed E-state index contributed by atoms with van der Waals surface area (Å²) >= 11 is 0. The van der Waals surface area contributed by atoms with Crippen LogP contribution in [0.2, 0.25) is 0 Å². The summed E-state index contributed by atoms with van der Waals surface area (Å²) in [6.45, 7) is 1.78. The largest absolute Gasteiger partial charge is 0.396 e. The average Bonchev–Trinajstić information content (AvgIpc) is 2.02. The second-order valence-electron chi connectivity index (χ2n) is 2.19. The highest BCUT2D eigenvalue weighted by atomic mass is 16.3. The van der Waals surface area contributed by atoms with Gasteiger partial charge < -0.3 is 20.4 Å². The Bertz CT molecular complexity index is 52.4. The summed E-state index contributed by atoms with van der Waals surface area (Å²) in [4.78, 5) is 0. The monoisotopic (exact) mass is 166 g/mol. The lowest BCUT2D eigenvalue weighted by Crippen LogP contribution is -2.03. The van der Waals surface area contributed by atoms with Crippen LogP contribution in [-0.2, 0) is 0 Å². The van der Waals surface area contributed by atoms with Crippen LogP contribution in [0.25, 0.3) is 0 Å². The van der Waals surface area contributed by atoms with Crippen molar-refractivity contribution in [3.05, 3.63) is 0 Å². The van der Waals surface area contributed by atoms with Gasteiger partial charge >= 0.3 is 0 Å². The van der Waals surface area contributed by atoms with Gasteiger partial charge in [0, 0.05) is 13.2 Å². The Kier molecular flexibility index (Phi) is 15.3. The number of unbranched alkanes of at least 4 members (excludes halogenated alkanes) is 1. The summed E-state index contributed by atoms with van der Waals surface area (Å²) < 4.78 is 0. The molecular formula is C7H18O4. The fraction of sp³-hybridized carbons (Fsp3) is 1.00. The molecule has 0 fully saturated rings. The molecule has 0 saturated carbocycles. The Morgan fingerprint density at radius 2 is 1.27 bits per heavy atom. The van der Waals surface area contributed by atoms with Crippen molar-refractivity contribution in [3.8, 4) is 0 Å². The molecule has 1 atom stereocenters. The van der Waals surface area contributed by atoms with Crippen LogP contribution in [0.1, 0.15) is 19.8 Å². The second kappa shape index (κ2) is 12.5. The van der Waals surface area contributed by atoms with E-state index in [1.807, 2.05) is 0 Å². The fourth-order valence-electron chi connectivity index (χ4n) is 0.224. The molecule has 11 heavy (non-hydrogen) atoms. The summed E-state index contributed by atoms with van der Waals surface area (Å²) in [5.41, 5.74) is 0. The van der Waals surface area contributed by atoms with Gasteiger partial charge in [-0.3, -0.25) is 0 Å². The van der Waals surface area contributed by atoms with Gasteiger partial charge in [0.15, 0.2) is 0 Å². The number of aliphatic hydroxyl groups excluding tert-OH is 4. The zero-order chi connectivity index (χ0) is 9.11. The van der Waals surface area contributed by atoms with Crippen LogP contribution >= 0.6 is 0 Å². The van der Waals surface area contributed by atoms with Crippen LogP contribution in [0.5, 0.6) is 0 Å².